The fraction of sp³-hybridized carbons (Fsp3) is 0.312. The second-order valence-electron chi connectivity index (χ2n) is 4.45. The van der Waals surface area contributed by atoms with Gasteiger partial charge in [0.1, 0.15) is 11.3 Å². The maximum atomic E-state index is 11.9. The van der Waals surface area contributed by atoms with E-state index in [0.29, 0.717) is 17.7 Å². The standard InChI is InChI=1S/C16H18O5/c1-3-4-5-6-9-20-14-12-8-7-11(17)10-13(12)21-16(18)15(14)19-2/h4-5,7-8,10,17H,3,6,9H2,1-2H3/b5-4+. The second-order valence-corrected chi connectivity index (χ2v) is 4.45. The maximum Gasteiger partial charge on any atom is 0.383 e. The number of hydrogen-bond acceptors (Lipinski definition) is 5. The molecule has 21 heavy (non-hydrogen) atoms. The Bertz CT molecular complexity index is 700. The number of phenols is 1. The van der Waals surface area contributed by atoms with Crippen LogP contribution in [0.15, 0.2) is 39.6 Å². The van der Waals surface area contributed by atoms with Crippen LogP contribution in [0.3, 0.4) is 0 Å². The first-order chi connectivity index (χ1) is 10.2. The van der Waals surface area contributed by atoms with E-state index in [1.54, 1.807) is 6.07 Å². The topological polar surface area (TPSA) is 68.9 Å². The molecule has 0 aliphatic carbocycles. The van der Waals surface area contributed by atoms with Crippen LogP contribution in [0.1, 0.15) is 19.8 Å². The lowest BCUT2D eigenvalue weighted by Crippen LogP contribution is -2.08. The van der Waals surface area contributed by atoms with Crippen LogP contribution in [0.4, 0.5) is 0 Å². The molecule has 0 bridgehead atoms. The molecule has 0 saturated heterocycles. The molecule has 1 aromatic heterocycles. The van der Waals surface area contributed by atoms with Gasteiger partial charge in [0.25, 0.3) is 0 Å². The summed E-state index contributed by atoms with van der Waals surface area (Å²) >= 11 is 0. The highest BCUT2D eigenvalue weighted by Crippen LogP contribution is 2.34. The smallest absolute Gasteiger partial charge is 0.383 e. The zero-order chi connectivity index (χ0) is 15.2. The molecule has 0 saturated carbocycles. The second kappa shape index (κ2) is 6.83. The molecule has 0 unspecified atom stereocenters. The number of hydrogen-bond donors (Lipinski definition) is 1. The van der Waals surface area contributed by atoms with Gasteiger partial charge in [-0.15, -0.1) is 0 Å². The van der Waals surface area contributed by atoms with Crippen molar-refractivity contribution in [3.8, 4) is 17.2 Å². The molecular weight excluding hydrogens is 272 g/mol. The third kappa shape index (κ3) is 3.37. The van der Waals surface area contributed by atoms with Crippen molar-refractivity contribution in [2.45, 2.75) is 19.8 Å². The predicted octanol–water partition coefficient (Wildman–Crippen LogP) is 3.24. The summed E-state index contributed by atoms with van der Waals surface area (Å²) in [5.41, 5.74) is -0.366. The number of aromatic hydroxyl groups is 1. The van der Waals surface area contributed by atoms with E-state index in [4.69, 9.17) is 13.9 Å². The molecule has 0 aliphatic heterocycles. The van der Waals surface area contributed by atoms with Crippen molar-refractivity contribution in [3.63, 3.8) is 0 Å². The fourth-order valence-corrected chi connectivity index (χ4v) is 1.98. The summed E-state index contributed by atoms with van der Waals surface area (Å²) in [5, 5.41) is 10.1. The molecule has 0 radical (unpaired) electrons. The van der Waals surface area contributed by atoms with Crippen molar-refractivity contribution in [1.29, 1.82) is 0 Å². The predicted molar refractivity (Wildman–Crippen MR) is 80.2 cm³/mol. The summed E-state index contributed by atoms with van der Waals surface area (Å²) in [6, 6.07) is 4.51. The SMILES string of the molecule is CC/C=C/CCOc1c(OC)c(=O)oc2cc(O)ccc12. The van der Waals surface area contributed by atoms with Crippen LogP contribution in [0.2, 0.25) is 0 Å². The highest BCUT2D eigenvalue weighted by Gasteiger charge is 2.17. The quantitative estimate of drug-likeness (QED) is 0.502. The monoisotopic (exact) mass is 290 g/mol. The van der Waals surface area contributed by atoms with E-state index < -0.39 is 5.63 Å². The number of ether oxygens (including phenoxy) is 2. The number of allylic oxidation sites excluding steroid dienone is 1. The first-order valence-electron chi connectivity index (χ1n) is 6.79. The van der Waals surface area contributed by atoms with Crippen molar-refractivity contribution in [3.05, 3.63) is 40.8 Å². The Balaban J connectivity index is 2.38. The van der Waals surface area contributed by atoms with Gasteiger partial charge in [0.15, 0.2) is 5.75 Å². The molecular formula is C16H18O5. The first-order valence-corrected chi connectivity index (χ1v) is 6.79. The minimum atomic E-state index is -0.630. The molecule has 2 aromatic rings. The normalized spacial score (nSPS) is 11.1. The van der Waals surface area contributed by atoms with Crippen LogP contribution in [0.5, 0.6) is 17.2 Å². The van der Waals surface area contributed by atoms with E-state index in [0.717, 1.165) is 12.8 Å². The Labute approximate surface area is 122 Å². The minimum Gasteiger partial charge on any atom is -0.508 e. The Morgan fingerprint density at radius 3 is 2.81 bits per heavy atom. The average molecular weight is 290 g/mol. The van der Waals surface area contributed by atoms with Gasteiger partial charge in [0, 0.05) is 6.07 Å². The number of rotatable bonds is 6. The molecule has 5 heteroatoms. The summed E-state index contributed by atoms with van der Waals surface area (Å²) in [5.74, 6) is 0.397. The van der Waals surface area contributed by atoms with Gasteiger partial charge in [-0.25, -0.2) is 4.79 Å². The van der Waals surface area contributed by atoms with Crippen LogP contribution in [-0.4, -0.2) is 18.8 Å². The van der Waals surface area contributed by atoms with Crippen molar-refractivity contribution < 1.29 is 19.0 Å². The molecule has 0 amide bonds. The Morgan fingerprint density at radius 2 is 2.10 bits per heavy atom. The Kier molecular flexibility index (Phi) is 4.87. The average Bonchev–Trinajstić information content (AvgIpc) is 2.46. The van der Waals surface area contributed by atoms with Crippen LogP contribution in [0, 0.1) is 0 Å². The highest BCUT2D eigenvalue weighted by atomic mass is 16.5. The molecule has 1 heterocycles. The third-order valence-corrected chi connectivity index (χ3v) is 2.94. The highest BCUT2D eigenvalue weighted by molar-refractivity contribution is 5.86. The lowest BCUT2D eigenvalue weighted by Gasteiger charge is -2.11. The molecule has 0 fully saturated rings. The van der Waals surface area contributed by atoms with Gasteiger partial charge in [-0.05, 0) is 25.0 Å². The number of methoxy groups -OCH3 is 1. The van der Waals surface area contributed by atoms with E-state index in [1.165, 1.54) is 19.2 Å². The van der Waals surface area contributed by atoms with Gasteiger partial charge in [-0.1, -0.05) is 19.1 Å². The van der Waals surface area contributed by atoms with Crippen molar-refractivity contribution >= 4 is 11.0 Å². The van der Waals surface area contributed by atoms with Gasteiger partial charge < -0.3 is 19.0 Å². The third-order valence-electron chi connectivity index (χ3n) is 2.94. The van der Waals surface area contributed by atoms with Crippen LogP contribution < -0.4 is 15.1 Å². The van der Waals surface area contributed by atoms with E-state index in [2.05, 4.69) is 13.0 Å². The molecule has 1 N–H and O–H groups in total. The van der Waals surface area contributed by atoms with Gasteiger partial charge in [-0.2, -0.15) is 0 Å². The molecule has 5 nitrogen and oxygen atoms in total. The van der Waals surface area contributed by atoms with E-state index in [-0.39, 0.29) is 17.1 Å². The van der Waals surface area contributed by atoms with Crippen molar-refractivity contribution in [2.24, 2.45) is 0 Å². The zero-order valence-corrected chi connectivity index (χ0v) is 12.1. The maximum absolute atomic E-state index is 11.9. The summed E-state index contributed by atoms with van der Waals surface area (Å²) in [4.78, 5) is 11.9. The van der Waals surface area contributed by atoms with Crippen molar-refractivity contribution in [2.75, 3.05) is 13.7 Å². The number of fused-ring (bicyclic) bond motifs is 1. The minimum absolute atomic E-state index is 0.0210. The van der Waals surface area contributed by atoms with E-state index >= 15 is 0 Å². The van der Waals surface area contributed by atoms with Gasteiger partial charge in [0.2, 0.25) is 5.75 Å². The summed E-state index contributed by atoms with van der Waals surface area (Å²) in [6.45, 7) is 2.48. The molecule has 0 atom stereocenters. The van der Waals surface area contributed by atoms with Crippen LogP contribution >= 0.6 is 0 Å². The fourth-order valence-electron chi connectivity index (χ4n) is 1.98. The van der Waals surface area contributed by atoms with E-state index in [9.17, 15) is 9.90 Å². The van der Waals surface area contributed by atoms with Gasteiger partial charge in [-0.3, -0.25) is 0 Å². The van der Waals surface area contributed by atoms with Gasteiger partial charge in [0.05, 0.1) is 19.1 Å². The Morgan fingerprint density at radius 1 is 1.29 bits per heavy atom. The molecule has 0 spiro atoms. The molecule has 112 valence electrons. The summed E-state index contributed by atoms with van der Waals surface area (Å²) in [6.07, 6.45) is 5.78. The largest absolute Gasteiger partial charge is 0.508 e. The summed E-state index contributed by atoms with van der Waals surface area (Å²) in [7, 11) is 1.39. The molecule has 2 rings (SSSR count). The summed E-state index contributed by atoms with van der Waals surface area (Å²) < 4.78 is 15.9. The molecule has 1 aromatic carbocycles. The molecule has 0 aliphatic rings. The zero-order valence-electron chi connectivity index (χ0n) is 12.1. The first kappa shape index (κ1) is 15.0. The lowest BCUT2D eigenvalue weighted by atomic mass is 10.2. The number of phenolic OH excluding ortho intramolecular Hbond substituents is 1. The van der Waals surface area contributed by atoms with E-state index in [1.807, 2.05) is 6.08 Å². The van der Waals surface area contributed by atoms with Crippen LogP contribution in [-0.2, 0) is 0 Å². The lowest BCUT2D eigenvalue weighted by molar-refractivity contribution is 0.294. The van der Waals surface area contributed by atoms with Gasteiger partial charge >= 0.3 is 5.63 Å². The Hall–Kier alpha value is -2.43. The van der Waals surface area contributed by atoms with Crippen molar-refractivity contribution in [1.82, 2.24) is 0 Å². The van der Waals surface area contributed by atoms with Crippen LogP contribution in [0.25, 0.3) is 11.0 Å². The number of benzene rings is 1.